The first-order valence-corrected chi connectivity index (χ1v) is 4.26. The van der Waals surface area contributed by atoms with Crippen molar-refractivity contribution < 1.29 is 4.98 Å². The first kappa shape index (κ1) is 8.34. The summed E-state index contributed by atoms with van der Waals surface area (Å²) in [7, 11) is 0. The van der Waals surface area contributed by atoms with Gasteiger partial charge in [-0.15, -0.1) is 0 Å². The summed E-state index contributed by atoms with van der Waals surface area (Å²) in [6.45, 7) is 0.742. The maximum absolute atomic E-state index is 8.61. The van der Waals surface area contributed by atoms with Crippen molar-refractivity contribution in [2.45, 2.75) is 6.54 Å². The minimum absolute atomic E-state index is 0.684. The summed E-state index contributed by atoms with van der Waals surface area (Å²) < 4.78 is 1.86. The van der Waals surface area contributed by atoms with E-state index in [0.29, 0.717) is 5.56 Å². The standard InChI is InChI=1S/C11H8N3/c12-7-10-1-3-11(4-2-10)8-14-6-5-13-9-14/h1-6H,8H2/q+1. The minimum atomic E-state index is 0.684. The van der Waals surface area contributed by atoms with E-state index >= 15 is 0 Å². The van der Waals surface area contributed by atoms with Crippen molar-refractivity contribution >= 4 is 0 Å². The van der Waals surface area contributed by atoms with Crippen LogP contribution in [0.15, 0.2) is 36.7 Å². The monoisotopic (exact) mass is 182 g/mol. The number of nitrogens with zero attached hydrogens (tertiary/aromatic N) is 3. The molecule has 1 aromatic heterocycles. The Kier molecular flexibility index (Phi) is 2.17. The topological polar surface area (TPSA) is 42.8 Å². The van der Waals surface area contributed by atoms with Crippen LogP contribution in [0, 0.1) is 17.7 Å². The summed E-state index contributed by atoms with van der Waals surface area (Å²) in [6, 6.07) is 9.58. The quantitative estimate of drug-likeness (QED) is 0.689. The van der Waals surface area contributed by atoms with Crippen LogP contribution in [-0.4, -0.2) is 4.57 Å². The second kappa shape index (κ2) is 3.64. The Hall–Kier alpha value is -2.26. The molecule has 0 saturated carbocycles. The number of benzene rings is 1. The Morgan fingerprint density at radius 1 is 1.36 bits per heavy atom. The van der Waals surface area contributed by atoms with E-state index in [4.69, 9.17) is 5.26 Å². The number of nitriles is 1. The molecule has 0 aliphatic rings. The third-order valence-corrected chi connectivity index (χ3v) is 1.94. The maximum atomic E-state index is 8.61. The lowest BCUT2D eigenvalue weighted by atomic mass is 10.1. The van der Waals surface area contributed by atoms with Gasteiger partial charge in [0.05, 0.1) is 11.6 Å². The largest absolute Gasteiger partial charge is 0.382 e. The molecule has 0 saturated heterocycles. The fraction of sp³-hybridized carbons (Fsp3) is 0.0909. The highest BCUT2D eigenvalue weighted by Crippen LogP contribution is 2.04. The van der Waals surface area contributed by atoms with Crippen LogP contribution < -0.4 is 4.98 Å². The van der Waals surface area contributed by atoms with Crippen LogP contribution in [0.2, 0.25) is 0 Å². The Bertz CT molecular complexity index is 434. The SMILES string of the molecule is N#Cc1ccc(Cn2c#[n+]cc2)cc1. The molecule has 0 amide bonds. The summed E-state index contributed by atoms with van der Waals surface area (Å²) in [5, 5.41) is 8.61. The fourth-order valence-electron chi connectivity index (χ4n) is 1.22. The predicted molar refractivity (Wildman–Crippen MR) is 49.1 cm³/mol. The molecule has 3 heteroatoms. The average Bonchev–Trinajstić information content (AvgIpc) is 2.72. The van der Waals surface area contributed by atoms with E-state index in [0.717, 1.165) is 12.1 Å². The van der Waals surface area contributed by atoms with E-state index in [1.54, 1.807) is 6.20 Å². The molecule has 0 aliphatic heterocycles. The number of hydrogen-bond acceptors (Lipinski definition) is 1. The van der Waals surface area contributed by atoms with Crippen LogP contribution in [0.25, 0.3) is 0 Å². The molecule has 0 atom stereocenters. The number of rotatable bonds is 2. The highest BCUT2D eigenvalue weighted by Gasteiger charge is 2.00. The van der Waals surface area contributed by atoms with Gasteiger partial charge in [-0.3, -0.25) is 0 Å². The molecule has 0 fully saturated rings. The van der Waals surface area contributed by atoms with E-state index < -0.39 is 0 Å². The second-order valence-electron chi connectivity index (χ2n) is 2.96. The van der Waals surface area contributed by atoms with Gasteiger partial charge in [-0.25, -0.2) is 0 Å². The molecule has 0 spiro atoms. The van der Waals surface area contributed by atoms with E-state index in [1.165, 1.54) is 0 Å². The highest BCUT2D eigenvalue weighted by molar-refractivity contribution is 5.31. The van der Waals surface area contributed by atoms with E-state index in [9.17, 15) is 0 Å². The van der Waals surface area contributed by atoms with E-state index in [2.05, 4.69) is 17.4 Å². The zero-order chi connectivity index (χ0) is 9.80. The highest BCUT2D eigenvalue weighted by atomic mass is 15.0. The molecule has 0 aliphatic carbocycles. The molecule has 2 aromatic rings. The van der Waals surface area contributed by atoms with Crippen LogP contribution in [0.4, 0.5) is 0 Å². The molecule has 3 nitrogen and oxygen atoms in total. The molecule has 0 N–H and O–H groups in total. The minimum Gasteiger partial charge on any atom is -0.192 e. The van der Waals surface area contributed by atoms with Crippen LogP contribution >= 0.6 is 0 Å². The smallest absolute Gasteiger partial charge is 0.192 e. The van der Waals surface area contributed by atoms with Gasteiger partial charge in [0.2, 0.25) is 6.20 Å². The van der Waals surface area contributed by atoms with Crippen molar-refractivity contribution in [1.29, 1.82) is 5.26 Å². The lowest BCUT2D eigenvalue weighted by molar-refractivity contribution is -0.292. The molecule has 1 aromatic carbocycles. The normalized spacial score (nSPS) is 9.07. The molecule has 0 unspecified atom stereocenters. The fourth-order valence-corrected chi connectivity index (χ4v) is 1.22. The zero-order valence-corrected chi connectivity index (χ0v) is 7.51. The van der Waals surface area contributed by atoms with Gasteiger partial charge in [0.25, 0.3) is 0 Å². The maximum Gasteiger partial charge on any atom is 0.382 e. The number of aromatic nitrogens is 2. The van der Waals surface area contributed by atoms with Crippen molar-refractivity contribution in [3.05, 3.63) is 54.1 Å². The predicted octanol–water partition coefficient (Wildman–Crippen LogP) is 0.808. The van der Waals surface area contributed by atoms with Crippen LogP contribution in [0.5, 0.6) is 0 Å². The van der Waals surface area contributed by atoms with Gasteiger partial charge >= 0.3 is 6.33 Å². The van der Waals surface area contributed by atoms with Crippen molar-refractivity contribution in [2.75, 3.05) is 0 Å². The van der Waals surface area contributed by atoms with Gasteiger partial charge in [-0.2, -0.15) is 14.8 Å². The molecule has 1 heterocycles. The Labute approximate surface area is 82.2 Å². The Balaban J connectivity index is 2.15. The third kappa shape index (κ3) is 1.73. The average molecular weight is 182 g/mol. The van der Waals surface area contributed by atoms with Gasteiger partial charge in [-0.1, -0.05) is 12.1 Å². The van der Waals surface area contributed by atoms with E-state index in [1.807, 2.05) is 35.0 Å². The van der Waals surface area contributed by atoms with Crippen molar-refractivity contribution in [2.24, 2.45) is 0 Å². The van der Waals surface area contributed by atoms with Crippen molar-refractivity contribution in [1.82, 2.24) is 4.57 Å². The second-order valence-corrected chi connectivity index (χ2v) is 2.96. The Morgan fingerprint density at radius 3 is 2.71 bits per heavy atom. The molecular formula is C11H8N3+. The van der Waals surface area contributed by atoms with Crippen molar-refractivity contribution in [3.8, 4) is 6.07 Å². The Morgan fingerprint density at radius 2 is 2.14 bits per heavy atom. The molecule has 14 heavy (non-hydrogen) atoms. The third-order valence-electron chi connectivity index (χ3n) is 1.94. The van der Waals surface area contributed by atoms with Gasteiger partial charge in [0.1, 0.15) is 6.54 Å². The van der Waals surface area contributed by atoms with E-state index in [-0.39, 0.29) is 0 Å². The summed E-state index contributed by atoms with van der Waals surface area (Å²) in [5.41, 5.74) is 1.82. The number of hydrogen-bond donors (Lipinski definition) is 0. The summed E-state index contributed by atoms with van der Waals surface area (Å²) in [6.07, 6.45) is 6.37. The molecule has 0 bridgehead atoms. The molecule has 0 radical (unpaired) electrons. The van der Waals surface area contributed by atoms with Crippen molar-refractivity contribution in [3.63, 3.8) is 0 Å². The van der Waals surface area contributed by atoms with Gasteiger partial charge in [0, 0.05) is 0 Å². The summed E-state index contributed by atoms with van der Waals surface area (Å²) in [4.78, 5) is 3.84. The lowest BCUT2D eigenvalue weighted by Gasteiger charge is -1.95. The summed E-state index contributed by atoms with van der Waals surface area (Å²) in [5.74, 6) is 0. The van der Waals surface area contributed by atoms with Crippen LogP contribution in [0.1, 0.15) is 11.1 Å². The van der Waals surface area contributed by atoms with Gasteiger partial charge < -0.3 is 0 Å². The first-order valence-electron chi connectivity index (χ1n) is 4.26. The first-order chi connectivity index (χ1) is 6.88. The summed E-state index contributed by atoms with van der Waals surface area (Å²) >= 11 is 0. The van der Waals surface area contributed by atoms with Gasteiger partial charge in [-0.05, 0) is 17.7 Å². The van der Waals surface area contributed by atoms with Gasteiger partial charge in [0.15, 0.2) is 6.20 Å². The molecular weight excluding hydrogens is 174 g/mol. The molecule has 66 valence electrons. The lowest BCUT2D eigenvalue weighted by Crippen LogP contribution is -1.95. The van der Waals surface area contributed by atoms with Crippen LogP contribution in [0.3, 0.4) is 0 Å². The van der Waals surface area contributed by atoms with Crippen LogP contribution in [-0.2, 0) is 6.54 Å². The molecule has 2 rings (SSSR count). The zero-order valence-electron chi connectivity index (χ0n) is 7.51.